The van der Waals surface area contributed by atoms with Gasteiger partial charge in [0.25, 0.3) is 0 Å². The van der Waals surface area contributed by atoms with Crippen molar-refractivity contribution in [1.82, 2.24) is 0 Å². The average molecular weight is 327 g/mol. The number of benzene rings is 2. The van der Waals surface area contributed by atoms with Crippen LogP contribution in [0.4, 0.5) is 0 Å². The SMILES string of the molecule is Cc1ccc(S(=O)(=O)Oc2ccc(Br)cc2)cc1. The number of hydrogen-bond donors (Lipinski definition) is 0. The van der Waals surface area contributed by atoms with Gasteiger partial charge >= 0.3 is 10.1 Å². The lowest BCUT2D eigenvalue weighted by atomic mass is 10.2. The minimum atomic E-state index is -3.76. The lowest BCUT2D eigenvalue weighted by Crippen LogP contribution is -2.09. The van der Waals surface area contributed by atoms with Crippen LogP contribution in [0.3, 0.4) is 0 Å². The first-order valence-electron chi connectivity index (χ1n) is 5.24. The Balaban J connectivity index is 2.27. The van der Waals surface area contributed by atoms with Crippen LogP contribution in [0.15, 0.2) is 57.9 Å². The monoisotopic (exact) mass is 326 g/mol. The number of hydrogen-bond acceptors (Lipinski definition) is 3. The van der Waals surface area contributed by atoms with E-state index in [9.17, 15) is 8.42 Å². The summed E-state index contributed by atoms with van der Waals surface area (Å²) in [6.45, 7) is 1.89. The molecule has 0 aliphatic rings. The first-order chi connectivity index (χ1) is 8.47. The van der Waals surface area contributed by atoms with Gasteiger partial charge in [-0.3, -0.25) is 0 Å². The Morgan fingerprint density at radius 1 is 0.944 bits per heavy atom. The Hall–Kier alpha value is -1.33. The summed E-state index contributed by atoms with van der Waals surface area (Å²) in [7, 11) is -3.76. The summed E-state index contributed by atoms with van der Waals surface area (Å²) in [5, 5.41) is 0. The quantitative estimate of drug-likeness (QED) is 0.810. The molecule has 2 aromatic carbocycles. The van der Waals surface area contributed by atoms with E-state index in [0.717, 1.165) is 10.0 Å². The van der Waals surface area contributed by atoms with Crippen LogP contribution in [0.5, 0.6) is 5.75 Å². The van der Waals surface area contributed by atoms with Crippen LogP contribution in [-0.4, -0.2) is 8.42 Å². The van der Waals surface area contributed by atoms with Crippen LogP contribution in [0.2, 0.25) is 0 Å². The summed E-state index contributed by atoms with van der Waals surface area (Å²) < 4.78 is 29.8. The molecule has 0 heterocycles. The van der Waals surface area contributed by atoms with Crippen molar-refractivity contribution < 1.29 is 12.6 Å². The van der Waals surface area contributed by atoms with Gasteiger partial charge in [-0.1, -0.05) is 33.6 Å². The fourth-order valence-electron chi connectivity index (χ4n) is 1.37. The highest BCUT2D eigenvalue weighted by molar-refractivity contribution is 9.10. The molecular weight excluding hydrogens is 316 g/mol. The van der Waals surface area contributed by atoms with Crippen molar-refractivity contribution in [2.24, 2.45) is 0 Å². The summed E-state index contributed by atoms with van der Waals surface area (Å²) >= 11 is 3.27. The van der Waals surface area contributed by atoms with E-state index < -0.39 is 10.1 Å². The third-order valence-corrected chi connectivity index (χ3v) is 4.12. The molecule has 0 radical (unpaired) electrons. The standard InChI is InChI=1S/C13H11BrO3S/c1-10-2-8-13(9-3-10)18(15,16)17-12-6-4-11(14)5-7-12/h2-9H,1H3. The molecule has 0 bridgehead atoms. The zero-order valence-corrected chi connectivity index (χ0v) is 12.0. The highest BCUT2D eigenvalue weighted by Gasteiger charge is 2.15. The topological polar surface area (TPSA) is 43.4 Å². The molecule has 5 heteroatoms. The zero-order chi connectivity index (χ0) is 13.2. The zero-order valence-electron chi connectivity index (χ0n) is 9.63. The summed E-state index contributed by atoms with van der Waals surface area (Å²) in [5.41, 5.74) is 0.998. The molecule has 2 aromatic rings. The van der Waals surface area contributed by atoms with Gasteiger partial charge in [0.1, 0.15) is 10.6 Å². The van der Waals surface area contributed by atoms with Crippen molar-refractivity contribution in [2.45, 2.75) is 11.8 Å². The Morgan fingerprint density at radius 2 is 1.50 bits per heavy atom. The van der Waals surface area contributed by atoms with Crippen LogP contribution in [0, 0.1) is 6.92 Å². The Morgan fingerprint density at radius 3 is 2.06 bits per heavy atom. The Kier molecular flexibility index (Phi) is 3.73. The predicted octanol–water partition coefficient (Wildman–Crippen LogP) is 3.53. The fourth-order valence-corrected chi connectivity index (χ4v) is 2.56. The van der Waals surface area contributed by atoms with Crippen molar-refractivity contribution in [3.63, 3.8) is 0 Å². The smallest absolute Gasteiger partial charge is 0.339 e. The second kappa shape index (κ2) is 5.12. The van der Waals surface area contributed by atoms with Gasteiger partial charge in [-0.2, -0.15) is 8.42 Å². The largest absolute Gasteiger partial charge is 0.379 e. The molecule has 0 aliphatic carbocycles. The summed E-state index contributed by atoms with van der Waals surface area (Å²) in [6.07, 6.45) is 0. The van der Waals surface area contributed by atoms with Crippen LogP contribution < -0.4 is 4.18 Å². The molecule has 0 unspecified atom stereocenters. The molecule has 18 heavy (non-hydrogen) atoms. The van der Waals surface area contributed by atoms with Crippen molar-refractivity contribution in [3.8, 4) is 5.75 Å². The van der Waals surface area contributed by atoms with E-state index in [2.05, 4.69) is 15.9 Å². The molecule has 0 amide bonds. The maximum absolute atomic E-state index is 12.0. The van der Waals surface area contributed by atoms with E-state index >= 15 is 0 Å². The van der Waals surface area contributed by atoms with Crippen molar-refractivity contribution in [2.75, 3.05) is 0 Å². The molecule has 2 rings (SSSR count). The summed E-state index contributed by atoms with van der Waals surface area (Å²) in [6, 6.07) is 13.2. The molecule has 0 fully saturated rings. The average Bonchev–Trinajstić information content (AvgIpc) is 2.32. The first-order valence-corrected chi connectivity index (χ1v) is 7.44. The summed E-state index contributed by atoms with van der Waals surface area (Å²) in [4.78, 5) is 0.149. The summed E-state index contributed by atoms with van der Waals surface area (Å²) in [5.74, 6) is 0.291. The maximum Gasteiger partial charge on any atom is 0.339 e. The van der Waals surface area contributed by atoms with E-state index in [1.807, 2.05) is 6.92 Å². The van der Waals surface area contributed by atoms with Crippen LogP contribution in [-0.2, 0) is 10.1 Å². The second-order valence-corrected chi connectivity index (χ2v) is 6.27. The third kappa shape index (κ3) is 3.11. The minimum Gasteiger partial charge on any atom is -0.379 e. The molecular formula is C13H11BrO3S. The van der Waals surface area contributed by atoms with Gasteiger partial charge in [0.05, 0.1) is 0 Å². The van der Waals surface area contributed by atoms with Crippen LogP contribution in [0.25, 0.3) is 0 Å². The van der Waals surface area contributed by atoms with E-state index in [4.69, 9.17) is 4.18 Å². The van der Waals surface area contributed by atoms with Gasteiger partial charge in [0.15, 0.2) is 0 Å². The van der Waals surface area contributed by atoms with Gasteiger partial charge in [-0.15, -0.1) is 0 Å². The van der Waals surface area contributed by atoms with Gasteiger partial charge < -0.3 is 4.18 Å². The molecule has 0 spiro atoms. The minimum absolute atomic E-state index is 0.149. The molecule has 0 saturated heterocycles. The Labute approximate surface area is 115 Å². The highest BCUT2D eigenvalue weighted by Crippen LogP contribution is 2.21. The Bertz CT molecular complexity index is 631. The highest BCUT2D eigenvalue weighted by atomic mass is 79.9. The van der Waals surface area contributed by atoms with Gasteiger partial charge in [-0.05, 0) is 43.3 Å². The van der Waals surface area contributed by atoms with E-state index in [1.54, 1.807) is 36.4 Å². The molecule has 0 aliphatic heterocycles. The van der Waals surface area contributed by atoms with E-state index in [1.165, 1.54) is 12.1 Å². The lowest BCUT2D eigenvalue weighted by Gasteiger charge is -2.07. The predicted molar refractivity (Wildman–Crippen MR) is 73.1 cm³/mol. The molecule has 3 nitrogen and oxygen atoms in total. The van der Waals surface area contributed by atoms with Crippen molar-refractivity contribution >= 4 is 26.0 Å². The molecule has 0 atom stereocenters. The van der Waals surface area contributed by atoms with Gasteiger partial charge in [0.2, 0.25) is 0 Å². The van der Waals surface area contributed by atoms with Crippen molar-refractivity contribution in [3.05, 3.63) is 58.6 Å². The maximum atomic E-state index is 12.0. The van der Waals surface area contributed by atoms with Gasteiger partial charge in [-0.25, -0.2) is 0 Å². The van der Waals surface area contributed by atoms with E-state index in [-0.39, 0.29) is 4.90 Å². The van der Waals surface area contributed by atoms with Crippen LogP contribution in [0.1, 0.15) is 5.56 Å². The number of aryl methyl sites for hydroxylation is 1. The molecule has 0 N–H and O–H groups in total. The van der Waals surface area contributed by atoms with Crippen molar-refractivity contribution in [1.29, 1.82) is 0 Å². The normalized spacial score (nSPS) is 11.2. The molecule has 0 saturated carbocycles. The lowest BCUT2D eigenvalue weighted by molar-refractivity contribution is 0.486. The second-order valence-electron chi connectivity index (χ2n) is 3.80. The van der Waals surface area contributed by atoms with E-state index in [0.29, 0.717) is 5.75 Å². The third-order valence-electron chi connectivity index (χ3n) is 2.33. The number of rotatable bonds is 3. The number of halogens is 1. The van der Waals surface area contributed by atoms with Gasteiger partial charge in [0, 0.05) is 4.47 Å². The molecule has 0 aromatic heterocycles. The fraction of sp³-hybridized carbons (Fsp3) is 0.0769. The molecule has 94 valence electrons. The first kappa shape index (κ1) is 13.1. The van der Waals surface area contributed by atoms with Crippen LogP contribution >= 0.6 is 15.9 Å².